The second kappa shape index (κ2) is 7.76. The van der Waals surface area contributed by atoms with E-state index < -0.39 is 6.10 Å². The van der Waals surface area contributed by atoms with Gasteiger partial charge in [-0.25, -0.2) is 0 Å². The van der Waals surface area contributed by atoms with Gasteiger partial charge in [0.2, 0.25) is 0 Å². The maximum absolute atomic E-state index is 12.2. The Kier molecular flexibility index (Phi) is 5.25. The van der Waals surface area contributed by atoms with Crippen LogP contribution in [0.1, 0.15) is 12.7 Å². The van der Waals surface area contributed by atoms with E-state index in [1.54, 1.807) is 48.0 Å². The largest absolute Gasteiger partial charge is 0.481 e. The molecular formula is C17H16ClN5O2. The van der Waals surface area contributed by atoms with Crippen molar-refractivity contribution >= 4 is 17.5 Å². The van der Waals surface area contributed by atoms with E-state index in [0.717, 1.165) is 5.69 Å². The van der Waals surface area contributed by atoms with Gasteiger partial charge in [0, 0.05) is 5.02 Å². The van der Waals surface area contributed by atoms with Crippen LogP contribution in [0.25, 0.3) is 5.69 Å². The SMILES string of the molecule is CC(Oc1ccccc1)C(=O)NCc1nnnn1-c1ccc(Cl)cc1. The molecule has 0 aliphatic carbocycles. The van der Waals surface area contributed by atoms with Crippen LogP contribution >= 0.6 is 11.6 Å². The maximum atomic E-state index is 12.2. The zero-order valence-corrected chi connectivity index (χ0v) is 14.2. The first kappa shape index (κ1) is 16.9. The monoisotopic (exact) mass is 357 g/mol. The standard InChI is InChI=1S/C17H16ClN5O2/c1-12(25-15-5-3-2-4-6-15)17(24)19-11-16-20-21-22-23(16)14-9-7-13(18)8-10-14/h2-10,12H,11H2,1H3,(H,19,24). The van der Waals surface area contributed by atoms with Crippen LogP contribution in [-0.2, 0) is 11.3 Å². The van der Waals surface area contributed by atoms with E-state index in [4.69, 9.17) is 16.3 Å². The number of hydrogen-bond donors (Lipinski definition) is 1. The molecule has 3 rings (SSSR count). The maximum Gasteiger partial charge on any atom is 0.261 e. The van der Waals surface area contributed by atoms with Crippen molar-refractivity contribution in [2.45, 2.75) is 19.6 Å². The number of nitrogens with one attached hydrogen (secondary N) is 1. The fourth-order valence-electron chi connectivity index (χ4n) is 2.17. The molecule has 0 fully saturated rings. The molecule has 0 saturated heterocycles. The van der Waals surface area contributed by atoms with Crippen LogP contribution < -0.4 is 10.1 Å². The number of carbonyl (C=O) groups is 1. The minimum absolute atomic E-state index is 0.178. The lowest BCUT2D eigenvalue weighted by Crippen LogP contribution is -2.36. The molecular weight excluding hydrogens is 342 g/mol. The van der Waals surface area contributed by atoms with Crippen LogP contribution in [0.15, 0.2) is 54.6 Å². The molecule has 1 atom stereocenters. The Morgan fingerprint density at radius 2 is 1.92 bits per heavy atom. The highest BCUT2D eigenvalue weighted by Gasteiger charge is 2.16. The van der Waals surface area contributed by atoms with E-state index in [9.17, 15) is 4.79 Å². The molecule has 0 spiro atoms. The highest BCUT2D eigenvalue weighted by atomic mass is 35.5. The van der Waals surface area contributed by atoms with E-state index in [1.165, 1.54) is 0 Å². The Balaban J connectivity index is 1.61. The summed E-state index contributed by atoms with van der Waals surface area (Å²) in [5, 5.41) is 14.9. The van der Waals surface area contributed by atoms with Crippen LogP contribution in [-0.4, -0.2) is 32.2 Å². The molecule has 8 heteroatoms. The summed E-state index contributed by atoms with van der Waals surface area (Å²) < 4.78 is 7.13. The van der Waals surface area contributed by atoms with Gasteiger partial charge in [-0.2, -0.15) is 4.68 Å². The Morgan fingerprint density at radius 3 is 2.64 bits per heavy atom. The number of tetrazole rings is 1. The van der Waals surface area contributed by atoms with Crippen molar-refractivity contribution in [3.63, 3.8) is 0 Å². The van der Waals surface area contributed by atoms with Crippen molar-refractivity contribution < 1.29 is 9.53 Å². The van der Waals surface area contributed by atoms with E-state index >= 15 is 0 Å². The molecule has 0 saturated carbocycles. The van der Waals surface area contributed by atoms with Crippen LogP contribution in [0.4, 0.5) is 0 Å². The molecule has 2 aromatic carbocycles. The van der Waals surface area contributed by atoms with Gasteiger partial charge in [0.1, 0.15) is 5.75 Å². The van der Waals surface area contributed by atoms with Gasteiger partial charge in [0.05, 0.1) is 12.2 Å². The third-order valence-corrected chi connectivity index (χ3v) is 3.70. The molecule has 0 aliphatic heterocycles. The second-order valence-corrected chi connectivity index (χ2v) is 5.71. The number of halogens is 1. The van der Waals surface area contributed by atoms with Crippen molar-refractivity contribution in [3.05, 3.63) is 65.4 Å². The third-order valence-electron chi connectivity index (χ3n) is 3.45. The average molecular weight is 358 g/mol. The lowest BCUT2D eigenvalue weighted by molar-refractivity contribution is -0.127. The Bertz CT molecular complexity index is 836. The summed E-state index contributed by atoms with van der Waals surface area (Å²) in [6, 6.07) is 16.3. The molecule has 7 nitrogen and oxygen atoms in total. The van der Waals surface area contributed by atoms with Crippen molar-refractivity contribution in [2.75, 3.05) is 0 Å². The summed E-state index contributed by atoms with van der Waals surface area (Å²) in [5.74, 6) is 0.883. The first-order chi connectivity index (χ1) is 12.1. The van der Waals surface area contributed by atoms with E-state index in [-0.39, 0.29) is 12.5 Å². The van der Waals surface area contributed by atoms with Gasteiger partial charge in [-0.05, 0) is 53.7 Å². The number of ether oxygens (including phenoxy) is 1. The third kappa shape index (κ3) is 4.33. The van der Waals surface area contributed by atoms with Crippen molar-refractivity contribution in [1.29, 1.82) is 0 Å². The number of nitrogens with zero attached hydrogens (tertiary/aromatic N) is 4. The fourth-order valence-corrected chi connectivity index (χ4v) is 2.29. The number of amides is 1. The van der Waals surface area contributed by atoms with Gasteiger partial charge in [0.25, 0.3) is 5.91 Å². The molecule has 1 N–H and O–H groups in total. The zero-order chi connectivity index (χ0) is 17.6. The number of carbonyl (C=O) groups excluding carboxylic acids is 1. The number of hydrogen-bond acceptors (Lipinski definition) is 5. The lowest BCUT2D eigenvalue weighted by Gasteiger charge is -2.14. The van der Waals surface area contributed by atoms with Gasteiger partial charge in [-0.15, -0.1) is 5.10 Å². The first-order valence-electron chi connectivity index (χ1n) is 7.66. The zero-order valence-electron chi connectivity index (χ0n) is 13.5. The summed E-state index contributed by atoms with van der Waals surface area (Å²) in [4.78, 5) is 12.2. The van der Waals surface area contributed by atoms with Crippen LogP contribution in [0, 0.1) is 0 Å². The molecule has 25 heavy (non-hydrogen) atoms. The lowest BCUT2D eigenvalue weighted by atomic mass is 10.3. The number of rotatable bonds is 6. The van der Waals surface area contributed by atoms with Gasteiger partial charge in [-0.3, -0.25) is 4.79 Å². The summed E-state index contributed by atoms with van der Waals surface area (Å²) in [6.07, 6.45) is -0.637. The Morgan fingerprint density at radius 1 is 1.20 bits per heavy atom. The molecule has 0 radical (unpaired) electrons. The smallest absolute Gasteiger partial charge is 0.261 e. The summed E-state index contributed by atoms with van der Waals surface area (Å²) in [7, 11) is 0. The second-order valence-electron chi connectivity index (χ2n) is 5.27. The molecule has 0 bridgehead atoms. The van der Waals surface area contributed by atoms with E-state index in [2.05, 4.69) is 20.8 Å². The predicted molar refractivity (Wildman–Crippen MR) is 92.5 cm³/mol. The molecule has 0 aliphatic rings. The molecule has 3 aromatic rings. The van der Waals surface area contributed by atoms with Crippen LogP contribution in [0.3, 0.4) is 0 Å². The van der Waals surface area contributed by atoms with Gasteiger partial charge in [0.15, 0.2) is 11.9 Å². The van der Waals surface area contributed by atoms with Crippen LogP contribution in [0.2, 0.25) is 5.02 Å². The molecule has 1 heterocycles. The Hall–Kier alpha value is -2.93. The molecule has 1 amide bonds. The quantitative estimate of drug-likeness (QED) is 0.732. The summed E-state index contributed by atoms with van der Waals surface area (Å²) in [5.41, 5.74) is 0.757. The van der Waals surface area contributed by atoms with Gasteiger partial charge < -0.3 is 10.1 Å². The predicted octanol–water partition coefficient (Wildman–Crippen LogP) is 2.40. The van der Waals surface area contributed by atoms with Crippen molar-refractivity contribution in [2.24, 2.45) is 0 Å². The van der Waals surface area contributed by atoms with Crippen molar-refractivity contribution in [1.82, 2.24) is 25.5 Å². The summed E-state index contributed by atoms with van der Waals surface area (Å²) >= 11 is 5.89. The van der Waals surface area contributed by atoms with Crippen LogP contribution in [0.5, 0.6) is 5.75 Å². The van der Waals surface area contributed by atoms with E-state index in [0.29, 0.717) is 16.6 Å². The minimum atomic E-state index is -0.637. The number of benzene rings is 2. The first-order valence-corrected chi connectivity index (χ1v) is 8.04. The minimum Gasteiger partial charge on any atom is -0.481 e. The Labute approximate surface area is 149 Å². The topological polar surface area (TPSA) is 81.9 Å². The average Bonchev–Trinajstić information content (AvgIpc) is 3.09. The normalized spacial score (nSPS) is 11.8. The fraction of sp³-hybridized carbons (Fsp3) is 0.176. The highest BCUT2D eigenvalue weighted by molar-refractivity contribution is 6.30. The number of aromatic nitrogens is 4. The molecule has 1 aromatic heterocycles. The molecule has 128 valence electrons. The van der Waals surface area contributed by atoms with Crippen molar-refractivity contribution in [3.8, 4) is 11.4 Å². The van der Waals surface area contributed by atoms with E-state index in [1.807, 2.05) is 18.2 Å². The molecule has 1 unspecified atom stereocenters. The summed E-state index contributed by atoms with van der Waals surface area (Å²) in [6.45, 7) is 1.86. The number of para-hydroxylation sites is 1. The highest BCUT2D eigenvalue weighted by Crippen LogP contribution is 2.14. The van der Waals surface area contributed by atoms with Gasteiger partial charge >= 0.3 is 0 Å². The van der Waals surface area contributed by atoms with Gasteiger partial charge in [-0.1, -0.05) is 29.8 Å².